The number of azo groups is 1. The molecule has 14 nitrogen and oxygen atoms in total. The predicted molar refractivity (Wildman–Crippen MR) is 251 cm³/mol. The van der Waals surface area contributed by atoms with Gasteiger partial charge in [-0.25, -0.2) is 14.4 Å². The minimum absolute atomic E-state index is 0.00580. The summed E-state index contributed by atoms with van der Waals surface area (Å²) in [7, 11) is 3.90. The van der Waals surface area contributed by atoms with Crippen molar-refractivity contribution >= 4 is 93.4 Å². The number of fused-ring (bicyclic) bond motifs is 6. The molecule has 6 aromatic rings. The third-order valence-electron chi connectivity index (χ3n) is 10.6. The molecule has 0 aliphatic carbocycles. The number of halogens is 4. The van der Waals surface area contributed by atoms with E-state index in [0.29, 0.717) is 16.9 Å². The Kier molecular flexibility index (Phi) is 13.2. The number of nitrogens with one attached hydrogen (secondary N) is 1. The van der Waals surface area contributed by atoms with Crippen LogP contribution < -0.4 is 19.7 Å². The van der Waals surface area contributed by atoms with E-state index in [4.69, 9.17) is 65.4 Å². The minimum Gasteiger partial charge on any atom is -0.508 e. The number of nitriles is 1. The molecule has 2 aliphatic heterocycles. The van der Waals surface area contributed by atoms with Crippen molar-refractivity contribution in [3.8, 4) is 29.1 Å². The van der Waals surface area contributed by atoms with Crippen LogP contribution in [-0.2, 0) is 19.9 Å². The Morgan fingerprint density at radius 1 is 0.836 bits per heavy atom. The van der Waals surface area contributed by atoms with Crippen molar-refractivity contribution in [1.82, 2.24) is 5.32 Å². The SMILES string of the molecule is CN(C)c1ccc(/N=N/c2ccc(C(=O)NCCCOC(=O)/C(C#N)=C/c3ccccc3C(=O)Oc3ccc4c(c3)Oc3cc(O)ccc3C43OC(=O)c4c(Cl)c(Cl)c(Cl)c(Cl)c43)cc2)cc1. The Bertz CT molecular complexity index is 3120. The third kappa shape index (κ3) is 9.10. The van der Waals surface area contributed by atoms with Crippen molar-refractivity contribution in [2.75, 3.05) is 32.1 Å². The van der Waals surface area contributed by atoms with Crippen LogP contribution in [0.25, 0.3) is 6.08 Å². The summed E-state index contributed by atoms with van der Waals surface area (Å²) >= 11 is 26.1. The molecule has 1 atom stereocenters. The molecule has 6 aromatic carbocycles. The number of aromatic hydroxyl groups is 1. The lowest BCUT2D eigenvalue weighted by molar-refractivity contribution is -0.138. The fourth-order valence-electron chi connectivity index (χ4n) is 7.36. The van der Waals surface area contributed by atoms with Gasteiger partial charge in [0.15, 0.2) is 5.60 Å². The van der Waals surface area contributed by atoms with E-state index in [-0.39, 0.29) is 102 Å². The van der Waals surface area contributed by atoms with Gasteiger partial charge in [-0.3, -0.25) is 4.79 Å². The van der Waals surface area contributed by atoms with Gasteiger partial charge in [-0.2, -0.15) is 15.5 Å². The Hall–Kier alpha value is -7.41. The molecule has 336 valence electrons. The third-order valence-corrected chi connectivity index (χ3v) is 12.4. The summed E-state index contributed by atoms with van der Waals surface area (Å²) in [5.74, 6) is -3.05. The fourth-order valence-corrected chi connectivity index (χ4v) is 8.42. The predicted octanol–water partition coefficient (Wildman–Crippen LogP) is 11.5. The summed E-state index contributed by atoms with van der Waals surface area (Å²) in [6.07, 6.45) is 1.44. The van der Waals surface area contributed by atoms with Gasteiger partial charge in [-0.1, -0.05) is 64.6 Å². The number of rotatable bonds is 12. The molecule has 8 rings (SSSR count). The molecule has 0 radical (unpaired) electrons. The first kappa shape index (κ1) is 46.1. The summed E-state index contributed by atoms with van der Waals surface area (Å²) in [5, 5.41) is 31.0. The van der Waals surface area contributed by atoms with E-state index in [1.54, 1.807) is 36.4 Å². The molecule has 1 spiro atoms. The van der Waals surface area contributed by atoms with Crippen molar-refractivity contribution in [1.29, 1.82) is 5.26 Å². The second-order valence-electron chi connectivity index (χ2n) is 15.1. The maximum Gasteiger partial charge on any atom is 0.348 e. The number of esters is 3. The van der Waals surface area contributed by atoms with Crippen LogP contribution in [0.1, 0.15) is 59.7 Å². The van der Waals surface area contributed by atoms with Gasteiger partial charge in [0.05, 0.1) is 49.2 Å². The van der Waals surface area contributed by atoms with Crippen LogP contribution in [0.3, 0.4) is 0 Å². The van der Waals surface area contributed by atoms with Crippen molar-refractivity contribution in [3.63, 3.8) is 0 Å². The number of carbonyl (C=O) groups excluding carboxylic acids is 4. The van der Waals surface area contributed by atoms with Gasteiger partial charge in [-0.05, 0) is 96.9 Å². The van der Waals surface area contributed by atoms with E-state index in [0.717, 1.165) is 5.69 Å². The number of amides is 1. The molecule has 0 aromatic heterocycles. The van der Waals surface area contributed by atoms with Crippen LogP contribution in [0, 0.1) is 11.3 Å². The maximum atomic E-state index is 13.7. The molecule has 0 saturated heterocycles. The highest BCUT2D eigenvalue weighted by molar-refractivity contribution is 6.53. The molecule has 2 heterocycles. The Morgan fingerprint density at radius 3 is 2.16 bits per heavy atom. The zero-order chi connectivity index (χ0) is 47.6. The molecule has 1 amide bonds. The van der Waals surface area contributed by atoms with Crippen molar-refractivity contribution in [3.05, 3.63) is 174 Å². The average Bonchev–Trinajstić information content (AvgIpc) is 3.63. The first-order valence-corrected chi connectivity index (χ1v) is 21.6. The van der Waals surface area contributed by atoms with Gasteiger partial charge in [0, 0.05) is 60.7 Å². The van der Waals surface area contributed by atoms with Gasteiger partial charge in [-0.15, -0.1) is 0 Å². The highest BCUT2D eigenvalue weighted by atomic mass is 35.5. The number of phenolic OH excluding ortho intramolecular Hbond substituents is 1. The standard InChI is InChI=1S/C49H33Cl4N5O9/c1-58(2)31-14-12-30(13-15-31)57-56-29-10-8-26(9-11-29)45(60)55-20-5-21-64-46(61)28(25-54)22-27-6-3-4-7-34(27)47(62)65-33-17-19-36-38(24-33)66-37-23-32(59)16-18-35(37)49(36)40-39(48(63)67-49)41(50)43(52)44(53)42(40)51/h3-4,6-19,22-24,59H,5,20-21H2,1-2H3,(H,55,60)/b28-22+,57-56+. The van der Waals surface area contributed by atoms with Crippen LogP contribution >= 0.6 is 46.4 Å². The molecule has 18 heteroatoms. The van der Waals surface area contributed by atoms with E-state index >= 15 is 0 Å². The lowest BCUT2D eigenvalue weighted by Gasteiger charge is -2.37. The zero-order valence-electron chi connectivity index (χ0n) is 35.1. The van der Waals surface area contributed by atoms with Crippen LogP contribution in [0.15, 0.2) is 125 Å². The Morgan fingerprint density at radius 2 is 1.48 bits per heavy atom. The largest absolute Gasteiger partial charge is 0.508 e. The number of hydrogen-bond acceptors (Lipinski definition) is 13. The van der Waals surface area contributed by atoms with Crippen LogP contribution in [0.5, 0.6) is 23.0 Å². The summed E-state index contributed by atoms with van der Waals surface area (Å²) in [5.41, 5.74) is 1.21. The van der Waals surface area contributed by atoms with E-state index in [1.165, 1.54) is 54.6 Å². The minimum atomic E-state index is -1.78. The number of ether oxygens (including phenoxy) is 4. The molecule has 67 heavy (non-hydrogen) atoms. The highest BCUT2D eigenvalue weighted by Gasteiger charge is 2.56. The highest BCUT2D eigenvalue weighted by Crippen LogP contribution is 2.61. The summed E-state index contributed by atoms with van der Waals surface area (Å²) < 4.78 is 23.4. The monoisotopic (exact) mass is 975 g/mol. The number of hydrogen-bond donors (Lipinski definition) is 2. The molecule has 2 N–H and O–H groups in total. The first-order chi connectivity index (χ1) is 32.2. The van der Waals surface area contributed by atoms with Gasteiger partial charge >= 0.3 is 17.9 Å². The second kappa shape index (κ2) is 19.2. The molecule has 0 saturated carbocycles. The van der Waals surface area contributed by atoms with Crippen molar-refractivity contribution < 1.29 is 43.2 Å². The van der Waals surface area contributed by atoms with Gasteiger partial charge in [0.25, 0.3) is 5.91 Å². The van der Waals surface area contributed by atoms with Crippen molar-refractivity contribution in [2.24, 2.45) is 10.2 Å². The molecule has 0 fully saturated rings. The molecular weight excluding hydrogens is 944 g/mol. The molecule has 2 aliphatic rings. The van der Waals surface area contributed by atoms with E-state index < -0.39 is 29.1 Å². The number of carbonyl (C=O) groups is 4. The number of phenols is 1. The average molecular weight is 978 g/mol. The summed E-state index contributed by atoms with van der Waals surface area (Å²) in [6.45, 7) is 0.0531. The Labute approximate surface area is 402 Å². The zero-order valence-corrected chi connectivity index (χ0v) is 38.1. The number of nitrogens with zero attached hydrogens (tertiary/aromatic N) is 4. The van der Waals surface area contributed by atoms with E-state index in [1.807, 2.05) is 49.3 Å². The topological polar surface area (TPSA) is 189 Å². The van der Waals surface area contributed by atoms with Crippen LogP contribution in [-0.4, -0.2) is 56.2 Å². The van der Waals surface area contributed by atoms with E-state index in [9.17, 15) is 29.5 Å². The summed E-state index contributed by atoms with van der Waals surface area (Å²) in [4.78, 5) is 54.9. The maximum absolute atomic E-state index is 13.7. The first-order valence-electron chi connectivity index (χ1n) is 20.1. The van der Waals surface area contributed by atoms with Gasteiger partial charge in [0.1, 0.15) is 34.6 Å². The number of benzene rings is 6. The smallest absolute Gasteiger partial charge is 0.348 e. The summed E-state index contributed by atoms with van der Waals surface area (Å²) in [6, 6.07) is 30.6. The number of anilines is 1. The molecule has 1 unspecified atom stereocenters. The second-order valence-corrected chi connectivity index (χ2v) is 16.6. The van der Waals surface area contributed by atoms with Crippen LogP contribution in [0.4, 0.5) is 17.1 Å². The van der Waals surface area contributed by atoms with Gasteiger partial charge in [0.2, 0.25) is 0 Å². The van der Waals surface area contributed by atoms with E-state index in [2.05, 4.69) is 15.5 Å². The van der Waals surface area contributed by atoms with Crippen LogP contribution in [0.2, 0.25) is 20.1 Å². The Balaban J connectivity index is 0.911. The molecule has 0 bridgehead atoms. The lowest BCUT2D eigenvalue weighted by atomic mass is 9.77. The normalized spacial score (nSPS) is 14.6. The lowest BCUT2D eigenvalue weighted by Crippen LogP contribution is -2.33. The van der Waals surface area contributed by atoms with Gasteiger partial charge < -0.3 is 34.3 Å². The van der Waals surface area contributed by atoms with Crippen molar-refractivity contribution in [2.45, 2.75) is 12.0 Å². The fraction of sp³-hybridized carbons (Fsp3) is 0.122. The quantitative estimate of drug-likeness (QED) is 0.0173. The molecular formula is C49H33Cl4N5O9.